The van der Waals surface area contributed by atoms with Crippen LogP contribution in [0.1, 0.15) is 18.9 Å². The fourth-order valence-corrected chi connectivity index (χ4v) is 2.89. The van der Waals surface area contributed by atoms with Crippen LogP contribution in [0.3, 0.4) is 0 Å². The lowest BCUT2D eigenvalue weighted by atomic mass is 10.2. The Morgan fingerprint density at radius 3 is 2.45 bits per heavy atom. The molecule has 0 fully saturated rings. The molecule has 1 aromatic rings. The van der Waals surface area contributed by atoms with Crippen LogP contribution < -0.4 is 5.73 Å². The summed E-state index contributed by atoms with van der Waals surface area (Å²) in [4.78, 5) is 20.1. The summed E-state index contributed by atoms with van der Waals surface area (Å²) in [6.07, 6.45) is 0.549. The van der Waals surface area contributed by atoms with Crippen molar-refractivity contribution in [2.75, 3.05) is 5.75 Å². The first-order valence-corrected chi connectivity index (χ1v) is 7.32. The van der Waals surface area contributed by atoms with E-state index >= 15 is 0 Å². The van der Waals surface area contributed by atoms with Crippen molar-refractivity contribution >= 4 is 22.2 Å². The Balaban J connectivity index is 2.92. The van der Waals surface area contributed by atoms with E-state index in [1.54, 1.807) is 6.92 Å². The molecule has 0 radical (unpaired) electrons. The second kappa shape index (κ2) is 7.06. The number of hydrogen-bond donors (Lipinski definition) is 1. The zero-order valence-electron chi connectivity index (χ0n) is 10.9. The molecule has 0 saturated heterocycles. The maximum Gasteiger partial charge on any atom is 0.280 e. The van der Waals surface area contributed by atoms with Gasteiger partial charge < -0.3 is 5.73 Å². The van der Waals surface area contributed by atoms with E-state index in [9.17, 15) is 24.4 Å². The van der Waals surface area contributed by atoms with Crippen LogP contribution in [0.15, 0.2) is 18.2 Å². The van der Waals surface area contributed by atoms with Gasteiger partial charge in [-0.2, -0.15) is 0 Å². The van der Waals surface area contributed by atoms with Gasteiger partial charge in [-0.05, 0) is 19.4 Å². The predicted octanol–water partition coefficient (Wildman–Crippen LogP) is 1.49. The number of hydrogen-bond acceptors (Lipinski definition) is 6. The van der Waals surface area contributed by atoms with E-state index in [2.05, 4.69) is 0 Å². The third kappa shape index (κ3) is 4.67. The van der Waals surface area contributed by atoms with Gasteiger partial charge in [0.1, 0.15) is 0 Å². The van der Waals surface area contributed by atoms with Crippen LogP contribution >= 0.6 is 0 Å². The lowest BCUT2D eigenvalue weighted by Crippen LogP contribution is -2.18. The van der Waals surface area contributed by atoms with Crippen molar-refractivity contribution in [3.8, 4) is 0 Å². The molecular weight excluding hydrogens is 286 g/mol. The summed E-state index contributed by atoms with van der Waals surface area (Å²) in [6, 6.07) is 3.24. The molecule has 0 spiro atoms. The maximum absolute atomic E-state index is 11.8. The smallest absolute Gasteiger partial charge is 0.280 e. The average molecular weight is 301 g/mol. The van der Waals surface area contributed by atoms with Crippen molar-refractivity contribution in [3.63, 3.8) is 0 Å². The minimum absolute atomic E-state index is 0.0129. The summed E-state index contributed by atoms with van der Waals surface area (Å²) >= 11 is 0. The van der Waals surface area contributed by atoms with Crippen LogP contribution in [0.4, 0.5) is 11.4 Å². The van der Waals surface area contributed by atoms with E-state index in [-0.39, 0.29) is 28.7 Å². The second-order valence-electron chi connectivity index (χ2n) is 4.38. The average Bonchev–Trinajstić information content (AvgIpc) is 2.36. The number of benzene rings is 1. The van der Waals surface area contributed by atoms with E-state index in [1.165, 1.54) is 12.1 Å². The fourth-order valence-electron chi connectivity index (χ4n) is 1.52. The Morgan fingerprint density at radius 2 is 1.95 bits per heavy atom. The van der Waals surface area contributed by atoms with E-state index in [0.29, 0.717) is 12.2 Å². The summed E-state index contributed by atoms with van der Waals surface area (Å²) < 4.78 is 11.8. The molecule has 0 heterocycles. The predicted molar refractivity (Wildman–Crippen MR) is 74.7 cm³/mol. The quantitative estimate of drug-likeness (QED) is 0.599. The maximum atomic E-state index is 11.8. The third-order valence-corrected chi connectivity index (χ3v) is 3.92. The van der Waals surface area contributed by atoms with Crippen molar-refractivity contribution in [2.24, 2.45) is 5.73 Å². The molecule has 0 aliphatic carbocycles. The first-order valence-electron chi connectivity index (χ1n) is 5.83. The molecule has 9 heteroatoms. The largest absolute Gasteiger partial charge is 0.328 e. The van der Waals surface area contributed by atoms with Crippen molar-refractivity contribution in [2.45, 2.75) is 25.1 Å². The molecule has 0 amide bonds. The van der Waals surface area contributed by atoms with Gasteiger partial charge in [-0.15, -0.1) is 0 Å². The summed E-state index contributed by atoms with van der Waals surface area (Å²) in [5.74, 6) is 0.326. The van der Waals surface area contributed by atoms with Gasteiger partial charge in [0.25, 0.3) is 11.4 Å². The zero-order valence-corrected chi connectivity index (χ0v) is 11.7. The number of nitrogens with zero attached hydrogens (tertiary/aromatic N) is 2. The van der Waals surface area contributed by atoms with E-state index < -0.39 is 20.6 Å². The summed E-state index contributed by atoms with van der Waals surface area (Å²) in [5, 5.41) is 21.5. The van der Waals surface area contributed by atoms with Gasteiger partial charge in [-0.3, -0.25) is 24.4 Å². The molecule has 20 heavy (non-hydrogen) atoms. The fraction of sp³-hybridized carbons (Fsp3) is 0.455. The SMILES string of the molecule is CC(N)CCS(=O)Cc1ccc([N+](=O)[O-])cc1[N+](=O)[O-]. The molecule has 0 aliphatic rings. The molecule has 0 aliphatic heterocycles. The molecule has 0 aromatic heterocycles. The van der Waals surface area contributed by atoms with Crippen LogP contribution in [0.5, 0.6) is 0 Å². The molecule has 0 saturated carbocycles. The third-order valence-electron chi connectivity index (χ3n) is 2.59. The van der Waals surface area contributed by atoms with E-state index in [4.69, 9.17) is 5.73 Å². The Bertz CT molecular complexity index is 547. The van der Waals surface area contributed by atoms with Gasteiger partial charge >= 0.3 is 0 Å². The van der Waals surface area contributed by atoms with Crippen molar-refractivity contribution in [1.82, 2.24) is 0 Å². The molecule has 0 bridgehead atoms. The van der Waals surface area contributed by atoms with Crippen molar-refractivity contribution in [3.05, 3.63) is 44.0 Å². The topological polar surface area (TPSA) is 129 Å². The lowest BCUT2D eigenvalue weighted by Gasteiger charge is -2.06. The van der Waals surface area contributed by atoms with Gasteiger partial charge in [0.15, 0.2) is 0 Å². The van der Waals surface area contributed by atoms with E-state index in [1.807, 2.05) is 0 Å². The second-order valence-corrected chi connectivity index (χ2v) is 5.96. The highest BCUT2D eigenvalue weighted by molar-refractivity contribution is 7.84. The van der Waals surface area contributed by atoms with Crippen LogP contribution in [0, 0.1) is 20.2 Å². The molecule has 2 N–H and O–H groups in total. The minimum atomic E-state index is -1.29. The van der Waals surface area contributed by atoms with Crippen LogP contribution in [0.2, 0.25) is 0 Å². The van der Waals surface area contributed by atoms with Gasteiger partial charge in [-0.1, -0.05) is 0 Å². The minimum Gasteiger partial charge on any atom is -0.328 e. The van der Waals surface area contributed by atoms with Gasteiger partial charge in [0, 0.05) is 34.2 Å². The van der Waals surface area contributed by atoms with Crippen LogP contribution in [-0.4, -0.2) is 25.9 Å². The number of non-ortho nitro benzene ring substituents is 1. The molecule has 1 rings (SSSR count). The first-order chi connectivity index (χ1) is 9.31. The van der Waals surface area contributed by atoms with Crippen molar-refractivity contribution < 1.29 is 14.1 Å². The van der Waals surface area contributed by atoms with Gasteiger partial charge in [0.2, 0.25) is 0 Å². The Labute approximate surface area is 117 Å². The monoisotopic (exact) mass is 301 g/mol. The number of nitrogens with two attached hydrogens (primary N) is 1. The lowest BCUT2D eigenvalue weighted by molar-refractivity contribution is -0.394. The summed E-state index contributed by atoms with van der Waals surface area (Å²) in [5.41, 5.74) is 5.03. The van der Waals surface area contributed by atoms with Crippen LogP contribution in [-0.2, 0) is 16.6 Å². The summed E-state index contributed by atoms with van der Waals surface area (Å²) in [7, 11) is -1.29. The van der Waals surface area contributed by atoms with Crippen molar-refractivity contribution in [1.29, 1.82) is 0 Å². The Hall–Kier alpha value is -1.87. The molecule has 2 atom stereocenters. The Kier molecular flexibility index (Phi) is 5.71. The standard InChI is InChI=1S/C11H15N3O5S/c1-8(12)4-5-20(19)7-9-2-3-10(13(15)16)6-11(9)14(17)18/h2-3,6,8H,4-5,7,12H2,1H3. The number of nitro benzene ring substituents is 2. The molecule has 2 unspecified atom stereocenters. The first kappa shape index (κ1) is 16.2. The molecule has 1 aromatic carbocycles. The highest BCUT2D eigenvalue weighted by Gasteiger charge is 2.20. The molecule has 8 nitrogen and oxygen atoms in total. The number of nitro groups is 2. The van der Waals surface area contributed by atoms with Gasteiger partial charge in [-0.25, -0.2) is 0 Å². The highest BCUT2D eigenvalue weighted by Crippen LogP contribution is 2.25. The van der Waals surface area contributed by atoms with Gasteiger partial charge in [0.05, 0.1) is 21.7 Å². The number of rotatable bonds is 7. The normalized spacial score (nSPS) is 13.7. The molecule has 110 valence electrons. The van der Waals surface area contributed by atoms with E-state index in [0.717, 1.165) is 6.07 Å². The summed E-state index contributed by atoms with van der Waals surface area (Å²) in [6.45, 7) is 1.78. The molecular formula is C11H15N3O5S. The Morgan fingerprint density at radius 1 is 1.30 bits per heavy atom. The highest BCUT2D eigenvalue weighted by atomic mass is 32.2. The zero-order chi connectivity index (χ0) is 15.3. The van der Waals surface area contributed by atoms with Crippen LogP contribution in [0.25, 0.3) is 0 Å².